The van der Waals surface area contributed by atoms with Gasteiger partial charge in [-0.15, -0.1) is 0 Å². The molecule has 0 atom stereocenters. The summed E-state index contributed by atoms with van der Waals surface area (Å²) in [7, 11) is -3.63. The van der Waals surface area contributed by atoms with Crippen LogP contribution in [0.5, 0.6) is 0 Å². The fraction of sp³-hybridized carbons (Fsp3) is 0.143. The Hall–Kier alpha value is -3.37. The molecular formula is C28H27NO2S. The molecule has 0 spiro atoms. The van der Waals surface area contributed by atoms with Crippen molar-refractivity contribution in [1.82, 2.24) is 0 Å². The van der Waals surface area contributed by atoms with Crippen LogP contribution in [0.4, 0.5) is 5.69 Å². The highest BCUT2D eigenvalue weighted by atomic mass is 32.2. The molecule has 32 heavy (non-hydrogen) atoms. The lowest BCUT2D eigenvalue weighted by Crippen LogP contribution is -2.43. The zero-order valence-electron chi connectivity index (χ0n) is 18.3. The summed E-state index contributed by atoms with van der Waals surface area (Å²) in [5.74, 6) is -0.120. The van der Waals surface area contributed by atoms with Gasteiger partial charge in [-0.3, -0.25) is 0 Å². The third-order valence-electron chi connectivity index (χ3n) is 5.81. The van der Waals surface area contributed by atoms with Gasteiger partial charge in [-0.05, 0) is 48.7 Å². The number of hydrogen-bond acceptors (Lipinski definition) is 3. The third kappa shape index (κ3) is 4.46. The maximum atomic E-state index is 13.7. The number of hydrogen-bond donors (Lipinski definition) is 1. The molecule has 0 saturated carbocycles. The van der Waals surface area contributed by atoms with Crippen molar-refractivity contribution in [3.63, 3.8) is 0 Å². The van der Waals surface area contributed by atoms with E-state index in [9.17, 15) is 8.42 Å². The Bertz CT molecular complexity index is 1240. The highest BCUT2D eigenvalue weighted by Gasteiger charge is 2.40. The molecule has 0 heterocycles. The highest BCUT2D eigenvalue weighted by Crippen LogP contribution is 2.37. The summed E-state index contributed by atoms with van der Waals surface area (Å²) in [5.41, 5.74) is 3.80. The minimum atomic E-state index is -3.63. The van der Waals surface area contributed by atoms with Gasteiger partial charge < -0.3 is 5.32 Å². The van der Waals surface area contributed by atoms with Gasteiger partial charge in [-0.25, -0.2) is 8.42 Å². The van der Waals surface area contributed by atoms with Crippen LogP contribution >= 0.6 is 0 Å². The molecule has 4 heteroatoms. The Labute approximate surface area is 190 Å². The second kappa shape index (κ2) is 9.01. The Morgan fingerprint density at radius 3 is 1.69 bits per heavy atom. The van der Waals surface area contributed by atoms with Gasteiger partial charge in [0.05, 0.1) is 10.6 Å². The Morgan fingerprint density at radius 2 is 1.16 bits per heavy atom. The highest BCUT2D eigenvalue weighted by molar-refractivity contribution is 7.91. The molecule has 4 rings (SSSR count). The molecule has 0 amide bonds. The van der Waals surface area contributed by atoms with Crippen LogP contribution < -0.4 is 5.32 Å². The van der Waals surface area contributed by atoms with E-state index in [1.54, 1.807) is 12.1 Å². The first kappa shape index (κ1) is 21.8. The summed E-state index contributed by atoms with van der Waals surface area (Å²) in [6.07, 6.45) is 0. The number of anilines is 1. The standard InChI is InChI=1S/C28H27NO2S/c1-22-17-19-26(20-18-22)32(30,31)21-28(24-12-5-3-6-13-24,25-14-7-4-8-15-25)29-27-16-10-9-11-23(27)2/h3-20,29H,21H2,1-2H3. The SMILES string of the molecule is Cc1ccc(S(=O)(=O)CC(Nc2ccccc2C)(c2ccccc2)c2ccccc2)cc1. The van der Waals surface area contributed by atoms with Gasteiger partial charge >= 0.3 is 0 Å². The van der Waals surface area contributed by atoms with E-state index >= 15 is 0 Å². The van der Waals surface area contributed by atoms with E-state index < -0.39 is 15.4 Å². The van der Waals surface area contributed by atoms with Crippen LogP contribution in [-0.4, -0.2) is 14.2 Å². The minimum absolute atomic E-state index is 0.120. The largest absolute Gasteiger partial charge is 0.370 e. The molecule has 4 aromatic rings. The van der Waals surface area contributed by atoms with Gasteiger partial charge in [-0.1, -0.05) is 96.6 Å². The number of rotatable bonds is 7. The first-order chi connectivity index (χ1) is 15.4. The molecule has 0 unspecified atom stereocenters. The maximum absolute atomic E-state index is 13.7. The van der Waals surface area contributed by atoms with Crippen molar-refractivity contribution in [1.29, 1.82) is 0 Å². The minimum Gasteiger partial charge on any atom is -0.370 e. The summed E-state index contributed by atoms with van der Waals surface area (Å²) in [6, 6.07) is 34.7. The molecule has 0 aliphatic heterocycles. The van der Waals surface area contributed by atoms with E-state index in [1.165, 1.54) is 0 Å². The van der Waals surface area contributed by atoms with Crippen LogP contribution in [0.25, 0.3) is 0 Å². The van der Waals surface area contributed by atoms with Crippen LogP contribution in [0.3, 0.4) is 0 Å². The van der Waals surface area contributed by atoms with Crippen LogP contribution in [0.1, 0.15) is 22.3 Å². The fourth-order valence-electron chi connectivity index (χ4n) is 4.02. The topological polar surface area (TPSA) is 46.2 Å². The molecule has 0 fully saturated rings. The number of nitrogens with one attached hydrogen (secondary N) is 1. The van der Waals surface area contributed by atoms with E-state index in [4.69, 9.17) is 0 Å². The first-order valence-electron chi connectivity index (χ1n) is 10.6. The second-order valence-corrected chi connectivity index (χ2v) is 10.1. The van der Waals surface area contributed by atoms with Gasteiger partial charge in [0.15, 0.2) is 9.84 Å². The maximum Gasteiger partial charge on any atom is 0.181 e. The smallest absolute Gasteiger partial charge is 0.181 e. The van der Waals surface area contributed by atoms with E-state index in [-0.39, 0.29) is 5.75 Å². The zero-order valence-corrected chi connectivity index (χ0v) is 19.1. The Morgan fingerprint density at radius 1 is 0.656 bits per heavy atom. The van der Waals surface area contributed by atoms with Crippen molar-refractivity contribution in [2.75, 3.05) is 11.1 Å². The van der Waals surface area contributed by atoms with Gasteiger partial charge in [-0.2, -0.15) is 0 Å². The van der Waals surface area contributed by atoms with Gasteiger partial charge in [0.25, 0.3) is 0 Å². The second-order valence-electron chi connectivity index (χ2n) is 8.15. The molecule has 0 saturated heterocycles. The Balaban J connectivity index is 1.94. The lowest BCUT2D eigenvalue weighted by Gasteiger charge is -2.37. The van der Waals surface area contributed by atoms with E-state index in [2.05, 4.69) is 5.32 Å². The van der Waals surface area contributed by atoms with Gasteiger partial charge in [0, 0.05) is 5.69 Å². The molecule has 0 aliphatic rings. The predicted molar refractivity (Wildman–Crippen MR) is 132 cm³/mol. The van der Waals surface area contributed by atoms with E-state index in [0.717, 1.165) is 27.9 Å². The summed E-state index contributed by atoms with van der Waals surface area (Å²) in [4.78, 5) is 0.325. The molecule has 0 aromatic heterocycles. The van der Waals surface area contributed by atoms with Crippen molar-refractivity contribution in [2.45, 2.75) is 24.3 Å². The predicted octanol–water partition coefficient (Wildman–Crippen LogP) is 6.13. The lowest BCUT2D eigenvalue weighted by molar-refractivity contribution is 0.571. The van der Waals surface area contributed by atoms with E-state index in [1.807, 2.05) is 111 Å². The Kier molecular flexibility index (Phi) is 6.15. The molecule has 3 nitrogen and oxygen atoms in total. The fourth-order valence-corrected chi connectivity index (χ4v) is 5.71. The number of sulfone groups is 1. The van der Waals surface area contributed by atoms with Gasteiger partial charge in [0.2, 0.25) is 0 Å². The third-order valence-corrected chi connectivity index (χ3v) is 7.62. The zero-order chi connectivity index (χ0) is 22.6. The summed E-state index contributed by atoms with van der Waals surface area (Å²) >= 11 is 0. The number of benzene rings is 4. The molecule has 162 valence electrons. The van der Waals surface area contributed by atoms with Crippen molar-refractivity contribution in [3.8, 4) is 0 Å². The summed E-state index contributed by atoms with van der Waals surface area (Å²) in [5, 5.41) is 3.65. The van der Waals surface area contributed by atoms with Crippen LogP contribution in [0.15, 0.2) is 114 Å². The molecular weight excluding hydrogens is 414 g/mol. The average Bonchev–Trinajstić information content (AvgIpc) is 2.81. The van der Waals surface area contributed by atoms with Crippen LogP contribution in [-0.2, 0) is 15.4 Å². The van der Waals surface area contributed by atoms with E-state index in [0.29, 0.717) is 4.90 Å². The van der Waals surface area contributed by atoms with Crippen LogP contribution in [0, 0.1) is 13.8 Å². The quantitative estimate of drug-likeness (QED) is 0.375. The van der Waals surface area contributed by atoms with Crippen molar-refractivity contribution < 1.29 is 8.42 Å². The van der Waals surface area contributed by atoms with Crippen molar-refractivity contribution in [2.24, 2.45) is 0 Å². The number of para-hydroxylation sites is 1. The lowest BCUT2D eigenvalue weighted by atomic mass is 9.84. The molecule has 0 aliphatic carbocycles. The monoisotopic (exact) mass is 441 g/mol. The normalized spacial score (nSPS) is 11.8. The molecule has 0 bridgehead atoms. The van der Waals surface area contributed by atoms with Crippen molar-refractivity contribution >= 4 is 15.5 Å². The molecule has 1 N–H and O–H groups in total. The summed E-state index contributed by atoms with van der Waals surface area (Å²) in [6.45, 7) is 3.98. The molecule has 0 radical (unpaired) electrons. The molecule has 4 aromatic carbocycles. The van der Waals surface area contributed by atoms with Gasteiger partial charge in [0.1, 0.15) is 5.54 Å². The number of aryl methyl sites for hydroxylation is 2. The van der Waals surface area contributed by atoms with Crippen molar-refractivity contribution in [3.05, 3.63) is 131 Å². The average molecular weight is 442 g/mol. The first-order valence-corrected chi connectivity index (χ1v) is 12.3. The van der Waals surface area contributed by atoms with Crippen LogP contribution in [0.2, 0.25) is 0 Å². The summed E-state index contributed by atoms with van der Waals surface area (Å²) < 4.78 is 27.5.